The quantitative estimate of drug-likeness (QED) is 0.255. The summed E-state index contributed by atoms with van der Waals surface area (Å²) in [6, 6.07) is 14.4. The van der Waals surface area contributed by atoms with Crippen molar-refractivity contribution in [3.8, 4) is 0 Å². The van der Waals surface area contributed by atoms with Gasteiger partial charge in [0.25, 0.3) is 0 Å². The number of nitrogens with zero attached hydrogens (tertiary/aromatic N) is 2. The van der Waals surface area contributed by atoms with Crippen LogP contribution in [0.2, 0.25) is 10.0 Å². The predicted molar refractivity (Wildman–Crippen MR) is 127 cm³/mol. The SMILES string of the molecule is O=C(CCCCCCCC(=O)N/N=C/c1ccc(Cl)cc1)N/N=C/c1ccc(Cl)cc1. The highest BCUT2D eigenvalue weighted by atomic mass is 35.5. The molecule has 2 aromatic rings. The van der Waals surface area contributed by atoms with Gasteiger partial charge in [-0.25, -0.2) is 10.9 Å². The van der Waals surface area contributed by atoms with E-state index in [2.05, 4.69) is 21.1 Å². The Morgan fingerprint density at radius 3 is 1.39 bits per heavy atom. The van der Waals surface area contributed by atoms with Crippen LogP contribution in [0.5, 0.6) is 0 Å². The lowest BCUT2D eigenvalue weighted by molar-refractivity contribution is -0.121. The Labute approximate surface area is 192 Å². The third-order valence-electron chi connectivity index (χ3n) is 4.35. The Morgan fingerprint density at radius 1 is 0.645 bits per heavy atom. The smallest absolute Gasteiger partial charge is 0.240 e. The van der Waals surface area contributed by atoms with Crippen LogP contribution in [0.25, 0.3) is 0 Å². The van der Waals surface area contributed by atoms with Crippen molar-refractivity contribution in [2.75, 3.05) is 0 Å². The van der Waals surface area contributed by atoms with Crippen molar-refractivity contribution < 1.29 is 9.59 Å². The molecule has 0 saturated carbocycles. The number of hydrogen-bond donors (Lipinski definition) is 2. The van der Waals surface area contributed by atoms with Crippen LogP contribution in [-0.2, 0) is 9.59 Å². The van der Waals surface area contributed by atoms with E-state index < -0.39 is 0 Å². The van der Waals surface area contributed by atoms with Crippen molar-refractivity contribution in [1.29, 1.82) is 0 Å². The van der Waals surface area contributed by atoms with E-state index in [1.165, 1.54) is 0 Å². The zero-order valence-corrected chi connectivity index (χ0v) is 18.7. The summed E-state index contributed by atoms with van der Waals surface area (Å²) in [6.07, 6.45) is 8.45. The molecule has 8 heteroatoms. The minimum absolute atomic E-state index is 0.108. The van der Waals surface area contributed by atoms with Crippen LogP contribution in [0.15, 0.2) is 58.7 Å². The molecular formula is C23H26Cl2N4O2. The summed E-state index contributed by atoms with van der Waals surface area (Å²) < 4.78 is 0. The number of hydrogen-bond acceptors (Lipinski definition) is 4. The third kappa shape index (κ3) is 11.3. The second-order valence-electron chi connectivity index (χ2n) is 6.96. The molecule has 164 valence electrons. The number of hydrazone groups is 2. The molecule has 0 unspecified atom stereocenters. The fraction of sp³-hybridized carbons (Fsp3) is 0.304. The normalized spacial score (nSPS) is 11.2. The van der Waals surface area contributed by atoms with Crippen LogP contribution in [0.4, 0.5) is 0 Å². The van der Waals surface area contributed by atoms with Crippen LogP contribution >= 0.6 is 23.2 Å². The van der Waals surface area contributed by atoms with Gasteiger partial charge in [-0.15, -0.1) is 0 Å². The number of benzene rings is 2. The molecule has 0 aliphatic rings. The first-order chi connectivity index (χ1) is 15.0. The first-order valence-corrected chi connectivity index (χ1v) is 10.9. The fourth-order valence-electron chi connectivity index (χ4n) is 2.67. The molecule has 0 aromatic heterocycles. The van der Waals surface area contributed by atoms with Crippen molar-refractivity contribution in [3.63, 3.8) is 0 Å². The molecule has 31 heavy (non-hydrogen) atoms. The maximum Gasteiger partial charge on any atom is 0.240 e. The average Bonchev–Trinajstić information content (AvgIpc) is 2.76. The molecule has 0 fully saturated rings. The van der Waals surface area contributed by atoms with Gasteiger partial charge in [-0.05, 0) is 48.2 Å². The summed E-state index contributed by atoms with van der Waals surface area (Å²) in [7, 11) is 0. The van der Waals surface area contributed by atoms with E-state index in [1.807, 2.05) is 24.3 Å². The van der Waals surface area contributed by atoms with Crippen LogP contribution in [0.3, 0.4) is 0 Å². The highest BCUT2D eigenvalue weighted by molar-refractivity contribution is 6.30. The van der Waals surface area contributed by atoms with Crippen molar-refractivity contribution in [2.24, 2.45) is 10.2 Å². The van der Waals surface area contributed by atoms with Crippen LogP contribution in [0.1, 0.15) is 56.1 Å². The lowest BCUT2D eigenvalue weighted by atomic mass is 10.1. The highest BCUT2D eigenvalue weighted by Crippen LogP contribution is 2.09. The topological polar surface area (TPSA) is 82.9 Å². The number of amides is 2. The maximum atomic E-state index is 11.8. The van der Waals surface area contributed by atoms with Gasteiger partial charge in [0.15, 0.2) is 0 Å². The first-order valence-electron chi connectivity index (χ1n) is 10.2. The van der Waals surface area contributed by atoms with E-state index in [1.54, 1.807) is 36.7 Å². The van der Waals surface area contributed by atoms with Gasteiger partial charge in [-0.1, -0.05) is 66.7 Å². The van der Waals surface area contributed by atoms with Crippen molar-refractivity contribution in [2.45, 2.75) is 44.9 Å². The molecule has 2 aromatic carbocycles. The van der Waals surface area contributed by atoms with E-state index in [0.29, 0.717) is 22.9 Å². The van der Waals surface area contributed by atoms with Crippen molar-refractivity contribution in [3.05, 3.63) is 69.7 Å². The van der Waals surface area contributed by atoms with Gasteiger partial charge >= 0.3 is 0 Å². The fourth-order valence-corrected chi connectivity index (χ4v) is 2.92. The summed E-state index contributed by atoms with van der Waals surface area (Å²) in [6.45, 7) is 0. The minimum atomic E-state index is -0.108. The second kappa shape index (κ2) is 14.3. The number of carbonyl (C=O) groups excluding carboxylic acids is 2. The number of rotatable bonds is 12. The lowest BCUT2D eigenvalue weighted by Gasteiger charge is -2.02. The number of carbonyl (C=O) groups is 2. The van der Waals surface area contributed by atoms with Crippen LogP contribution < -0.4 is 10.9 Å². The summed E-state index contributed by atoms with van der Waals surface area (Å²) in [5, 5.41) is 9.19. The zero-order valence-electron chi connectivity index (χ0n) is 17.2. The standard InChI is InChI=1S/C23H26Cl2N4O2/c24-20-12-8-18(9-13-20)16-26-28-22(30)6-4-2-1-3-5-7-23(31)29-27-17-19-10-14-21(25)15-11-19/h8-17H,1-7H2,(H,28,30)(H,29,31)/b26-16+,27-17+. The minimum Gasteiger partial charge on any atom is -0.273 e. The van der Waals surface area contributed by atoms with Gasteiger partial charge in [0.05, 0.1) is 12.4 Å². The van der Waals surface area contributed by atoms with E-state index in [0.717, 1.165) is 43.2 Å². The average molecular weight is 461 g/mol. The largest absolute Gasteiger partial charge is 0.273 e. The molecule has 0 saturated heterocycles. The zero-order chi connectivity index (χ0) is 22.3. The molecule has 0 atom stereocenters. The van der Waals surface area contributed by atoms with Gasteiger partial charge in [0, 0.05) is 22.9 Å². The van der Waals surface area contributed by atoms with Gasteiger partial charge in [-0.2, -0.15) is 10.2 Å². The van der Waals surface area contributed by atoms with E-state index in [4.69, 9.17) is 23.2 Å². The predicted octanol–water partition coefficient (Wildman–Crippen LogP) is 5.32. The second-order valence-corrected chi connectivity index (χ2v) is 7.83. The van der Waals surface area contributed by atoms with Gasteiger partial charge in [0.1, 0.15) is 0 Å². The molecule has 0 heterocycles. The Bertz CT molecular complexity index is 808. The van der Waals surface area contributed by atoms with Crippen molar-refractivity contribution >= 4 is 47.4 Å². The number of nitrogens with one attached hydrogen (secondary N) is 2. The summed E-state index contributed by atoms with van der Waals surface area (Å²) >= 11 is 11.6. The van der Waals surface area contributed by atoms with Crippen LogP contribution in [0, 0.1) is 0 Å². The molecule has 0 spiro atoms. The Kier molecular flexibility index (Phi) is 11.4. The first kappa shape index (κ1) is 24.6. The number of halogens is 2. The molecule has 0 aliphatic carbocycles. The monoisotopic (exact) mass is 460 g/mol. The summed E-state index contributed by atoms with van der Waals surface area (Å²) in [4.78, 5) is 23.5. The molecule has 2 amide bonds. The molecule has 2 rings (SSSR count). The van der Waals surface area contributed by atoms with Crippen LogP contribution in [-0.4, -0.2) is 24.2 Å². The highest BCUT2D eigenvalue weighted by Gasteiger charge is 2.01. The molecular weight excluding hydrogens is 435 g/mol. The third-order valence-corrected chi connectivity index (χ3v) is 4.86. The van der Waals surface area contributed by atoms with Gasteiger partial charge in [0.2, 0.25) is 11.8 Å². The Balaban J connectivity index is 1.46. The molecule has 6 nitrogen and oxygen atoms in total. The molecule has 0 bridgehead atoms. The Morgan fingerprint density at radius 2 is 1.00 bits per heavy atom. The molecule has 0 aliphatic heterocycles. The summed E-state index contributed by atoms with van der Waals surface area (Å²) in [5.74, 6) is -0.216. The van der Waals surface area contributed by atoms with Gasteiger partial charge < -0.3 is 0 Å². The van der Waals surface area contributed by atoms with E-state index in [9.17, 15) is 9.59 Å². The molecule has 0 radical (unpaired) electrons. The van der Waals surface area contributed by atoms with E-state index in [-0.39, 0.29) is 11.8 Å². The lowest BCUT2D eigenvalue weighted by Crippen LogP contribution is -2.17. The van der Waals surface area contributed by atoms with E-state index >= 15 is 0 Å². The maximum absolute atomic E-state index is 11.8. The Hall–Kier alpha value is -2.70. The molecule has 2 N–H and O–H groups in total. The number of unbranched alkanes of at least 4 members (excludes halogenated alkanes) is 4. The summed E-state index contributed by atoms with van der Waals surface area (Å²) in [5.41, 5.74) is 6.77. The van der Waals surface area contributed by atoms with Gasteiger partial charge in [-0.3, -0.25) is 9.59 Å². The van der Waals surface area contributed by atoms with Crippen molar-refractivity contribution in [1.82, 2.24) is 10.9 Å².